The molecule has 0 aliphatic carbocycles. The summed E-state index contributed by atoms with van der Waals surface area (Å²) >= 11 is 0. The Hall–Kier alpha value is -4.08. The lowest BCUT2D eigenvalue weighted by molar-refractivity contribution is 0.112. The Bertz CT molecular complexity index is 1370. The molecule has 0 amide bonds. The van der Waals surface area contributed by atoms with Crippen LogP contribution in [-0.2, 0) is 6.54 Å². The van der Waals surface area contributed by atoms with Crippen LogP contribution in [0.25, 0.3) is 10.9 Å². The summed E-state index contributed by atoms with van der Waals surface area (Å²) in [5.41, 5.74) is -0.771. The van der Waals surface area contributed by atoms with Crippen molar-refractivity contribution >= 4 is 17.2 Å². The van der Waals surface area contributed by atoms with Gasteiger partial charge >= 0.3 is 0 Å². The van der Waals surface area contributed by atoms with Crippen molar-refractivity contribution in [2.24, 2.45) is 0 Å². The Morgan fingerprint density at radius 2 is 1.71 bits per heavy atom. The van der Waals surface area contributed by atoms with Gasteiger partial charge in [-0.05, 0) is 24.3 Å². The van der Waals surface area contributed by atoms with Crippen LogP contribution >= 0.6 is 0 Å². The Balaban J connectivity index is 1.72. The molecular weight excluding hydrogens is 418 g/mol. The lowest BCUT2D eigenvalue weighted by atomic mass is 10.1. The van der Waals surface area contributed by atoms with E-state index in [0.717, 1.165) is 18.6 Å². The zero-order valence-corrected chi connectivity index (χ0v) is 15.5. The molecule has 0 saturated heterocycles. The summed E-state index contributed by atoms with van der Waals surface area (Å²) in [7, 11) is 0. The van der Waals surface area contributed by atoms with E-state index in [1.165, 1.54) is 22.8 Å². The first-order valence-electron chi connectivity index (χ1n) is 8.77. The predicted molar refractivity (Wildman–Crippen MR) is 101 cm³/mol. The van der Waals surface area contributed by atoms with Crippen LogP contribution in [0, 0.1) is 23.3 Å². The smallest absolute Gasteiger partial charge is 0.280 e. The molecule has 31 heavy (non-hydrogen) atoms. The summed E-state index contributed by atoms with van der Waals surface area (Å²) in [5, 5.41) is 0.0350. The minimum absolute atomic E-state index is 0.0238. The molecule has 0 fully saturated rings. The quantitative estimate of drug-likeness (QED) is 0.354. The third kappa shape index (κ3) is 4.00. The van der Waals surface area contributed by atoms with Crippen LogP contribution in [0.4, 0.5) is 17.6 Å². The van der Waals surface area contributed by atoms with Gasteiger partial charge in [0.15, 0.2) is 12.1 Å². The molecule has 0 saturated carbocycles. The van der Waals surface area contributed by atoms with Gasteiger partial charge < -0.3 is 9.30 Å². The van der Waals surface area contributed by atoms with Crippen LogP contribution in [0.2, 0.25) is 0 Å². The molecule has 4 aromatic rings. The van der Waals surface area contributed by atoms with Crippen molar-refractivity contribution in [2.75, 3.05) is 0 Å². The molecule has 0 N–H and O–H groups in total. The fourth-order valence-corrected chi connectivity index (χ4v) is 2.97. The number of rotatable bonds is 5. The van der Waals surface area contributed by atoms with E-state index in [0.29, 0.717) is 18.4 Å². The van der Waals surface area contributed by atoms with Crippen molar-refractivity contribution in [2.45, 2.75) is 6.54 Å². The minimum Gasteiger partial charge on any atom is -0.436 e. The van der Waals surface area contributed by atoms with Crippen molar-refractivity contribution < 1.29 is 27.1 Å². The first kappa shape index (κ1) is 20.2. The number of hydrogen-bond acceptors (Lipinski definition) is 5. The number of pyridine rings is 1. The molecule has 0 bridgehead atoms. The van der Waals surface area contributed by atoms with Gasteiger partial charge in [0.1, 0.15) is 23.2 Å². The average Bonchev–Trinajstić information content (AvgIpc) is 2.73. The van der Waals surface area contributed by atoms with Crippen LogP contribution in [0.3, 0.4) is 0 Å². The van der Waals surface area contributed by atoms with Crippen molar-refractivity contribution in [1.82, 2.24) is 14.5 Å². The van der Waals surface area contributed by atoms with Gasteiger partial charge in [0.2, 0.25) is 0 Å². The lowest BCUT2D eigenvalue weighted by Gasteiger charge is -2.13. The van der Waals surface area contributed by atoms with Crippen LogP contribution in [0.1, 0.15) is 15.9 Å². The van der Waals surface area contributed by atoms with E-state index in [1.54, 1.807) is 0 Å². The van der Waals surface area contributed by atoms with Crippen molar-refractivity contribution in [1.29, 1.82) is 0 Å². The van der Waals surface area contributed by atoms with Gasteiger partial charge in [0.25, 0.3) is 11.4 Å². The Morgan fingerprint density at radius 1 is 0.968 bits per heavy atom. The zero-order valence-electron chi connectivity index (χ0n) is 15.5. The summed E-state index contributed by atoms with van der Waals surface area (Å²) in [6.45, 7) is -0.356. The van der Waals surface area contributed by atoms with Crippen LogP contribution < -0.4 is 10.3 Å². The third-order valence-electron chi connectivity index (χ3n) is 4.44. The number of halogens is 4. The molecule has 0 spiro atoms. The topological polar surface area (TPSA) is 74.1 Å². The van der Waals surface area contributed by atoms with Crippen LogP contribution in [0.15, 0.2) is 53.7 Å². The minimum atomic E-state index is -1.08. The molecule has 6 nitrogen and oxygen atoms in total. The molecule has 2 heterocycles. The monoisotopic (exact) mass is 429 g/mol. The fraction of sp³-hybridized carbons (Fsp3) is 0.0476. The number of aldehydes is 1. The molecule has 0 aliphatic heterocycles. The number of fused-ring (bicyclic) bond motifs is 1. The highest BCUT2D eigenvalue weighted by molar-refractivity contribution is 5.79. The second-order valence-corrected chi connectivity index (χ2v) is 6.48. The molecule has 0 unspecified atom stereocenters. The van der Waals surface area contributed by atoms with Crippen molar-refractivity contribution in [3.63, 3.8) is 0 Å². The third-order valence-corrected chi connectivity index (χ3v) is 4.44. The number of carbonyl (C=O) groups is 1. The number of hydrogen-bond donors (Lipinski definition) is 0. The summed E-state index contributed by atoms with van der Waals surface area (Å²) < 4.78 is 61.8. The number of nitrogens with zero attached hydrogens (tertiary/aromatic N) is 3. The number of carbonyl (C=O) groups excluding carboxylic acids is 1. The van der Waals surface area contributed by atoms with Gasteiger partial charge in [-0.25, -0.2) is 22.5 Å². The molecule has 156 valence electrons. The molecule has 4 rings (SSSR count). The first-order valence-corrected chi connectivity index (χ1v) is 8.77. The molecule has 2 aromatic heterocycles. The Morgan fingerprint density at radius 3 is 2.39 bits per heavy atom. The Kier molecular flexibility index (Phi) is 5.20. The van der Waals surface area contributed by atoms with E-state index in [2.05, 4.69) is 9.97 Å². The highest BCUT2D eigenvalue weighted by Gasteiger charge is 2.15. The molecule has 2 aromatic carbocycles. The second kappa shape index (κ2) is 7.98. The van der Waals surface area contributed by atoms with E-state index in [9.17, 15) is 27.2 Å². The molecule has 0 aliphatic rings. The summed E-state index contributed by atoms with van der Waals surface area (Å²) in [6, 6.07) is 6.14. The number of ether oxygens (including phenoxy) is 1. The maximum absolute atomic E-state index is 14.0. The highest BCUT2D eigenvalue weighted by atomic mass is 19.1. The van der Waals surface area contributed by atoms with Crippen molar-refractivity contribution in [3.05, 3.63) is 93.7 Å². The lowest BCUT2D eigenvalue weighted by Crippen LogP contribution is -2.14. The maximum atomic E-state index is 14.0. The van der Waals surface area contributed by atoms with Gasteiger partial charge in [-0.1, -0.05) is 0 Å². The summed E-state index contributed by atoms with van der Waals surface area (Å²) in [6.07, 6.45) is 2.65. The fourth-order valence-electron chi connectivity index (χ4n) is 2.97. The van der Waals surface area contributed by atoms with Crippen molar-refractivity contribution in [3.8, 4) is 11.6 Å². The largest absolute Gasteiger partial charge is 0.436 e. The van der Waals surface area contributed by atoms with E-state index < -0.39 is 40.3 Å². The molecule has 0 atom stereocenters. The van der Waals surface area contributed by atoms with E-state index in [-0.39, 0.29) is 28.8 Å². The van der Waals surface area contributed by atoms with Gasteiger partial charge in [0.05, 0.1) is 23.8 Å². The second-order valence-electron chi connectivity index (χ2n) is 6.48. The summed E-state index contributed by atoms with van der Waals surface area (Å²) in [5.74, 6) is -4.45. The highest BCUT2D eigenvalue weighted by Crippen LogP contribution is 2.26. The van der Waals surface area contributed by atoms with E-state index >= 15 is 0 Å². The standard InChI is InChI=1S/C21H11F4N3O3/c22-12-4-16(23)15(17(24)5-12)8-28-10-27-20(30)14-6-13(1-2-19(14)28)31-21-18(25)3-11(9-29)7-26-21/h1-7,9-10H,8H2. The predicted octanol–water partition coefficient (Wildman–Crippen LogP) is 4.00. The van der Waals surface area contributed by atoms with E-state index in [4.69, 9.17) is 4.74 Å². The summed E-state index contributed by atoms with van der Waals surface area (Å²) in [4.78, 5) is 30.3. The van der Waals surface area contributed by atoms with Gasteiger partial charge in [-0.15, -0.1) is 0 Å². The first-order chi connectivity index (χ1) is 14.9. The molecular formula is C21H11F4N3O3. The van der Waals surface area contributed by atoms with Gasteiger partial charge in [-0.2, -0.15) is 4.98 Å². The van der Waals surface area contributed by atoms with E-state index in [1.807, 2.05) is 0 Å². The average molecular weight is 429 g/mol. The molecule has 10 heteroatoms. The van der Waals surface area contributed by atoms with Gasteiger partial charge in [-0.3, -0.25) is 9.59 Å². The SMILES string of the molecule is O=Cc1cnc(Oc2ccc3c(c2)c(=O)ncn3Cc2c(F)cc(F)cc2F)c(F)c1. The number of aromatic nitrogens is 3. The maximum Gasteiger partial charge on any atom is 0.280 e. The molecule has 0 radical (unpaired) electrons. The zero-order chi connectivity index (χ0) is 22.1. The van der Waals surface area contributed by atoms with Crippen LogP contribution in [-0.4, -0.2) is 20.8 Å². The number of benzene rings is 2. The van der Waals surface area contributed by atoms with Crippen LogP contribution in [0.5, 0.6) is 11.6 Å². The Labute approximate surface area is 171 Å². The van der Waals surface area contributed by atoms with Gasteiger partial charge in [0, 0.05) is 29.5 Å². The normalized spacial score (nSPS) is 11.0.